The molecule has 0 spiro atoms. The standard InChI is InChI=1S/C23H18N6O/c24-15-18-13-20(11-12-26-18)30-19-8-4-7-17(9-10-19)27-22-14-21(28-23(25)29-22)16-5-2-1-3-6-16/h1-3,5-14H,4H2,(H3,25,27,28,29). The van der Waals surface area contributed by atoms with Gasteiger partial charge in [-0.25, -0.2) is 9.97 Å². The van der Waals surface area contributed by atoms with Crippen molar-refractivity contribution in [3.05, 3.63) is 96.2 Å². The van der Waals surface area contributed by atoms with E-state index >= 15 is 0 Å². The lowest BCUT2D eigenvalue weighted by Crippen LogP contribution is -2.04. The summed E-state index contributed by atoms with van der Waals surface area (Å²) < 4.78 is 5.85. The van der Waals surface area contributed by atoms with Gasteiger partial charge in [0.2, 0.25) is 5.95 Å². The summed E-state index contributed by atoms with van der Waals surface area (Å²) in [6, 6.07) is 17.0. The van der Waals surface area contributed by atoms with Crippen LogP contribution in [0, 0.1) is 11.3 Å². The predicted molar refractivity (Wildman–Crippen MR) is 115 cm³/mol. The third-order valence-electron chi connectivity index (χ3n) is 4.25. The fourth-order valence-corrected chi connectivity index (χ4v) is 2.88. The Bertz CT molecular complexity index is 1190. The summed E-state index contributed by atoms with van der Waals surface area (Å²) in [5.41, 5.74) is 8.78. The average Bonchev–Trinajstić information content (AvgIpc) is 2.99. The molecule has 0 amide bonds. The molecule has 0 atom stereocenters. The highest BCUT2D eigenvalue weighted by molar-refractivity contribution is 5.65. The monoisotopic (exact) mass is 394 g/mol. The molecule has 0 fully saturated rings. The summed E-state index contributed by atoms with van der Waals surface area (Å²) >= 11 is 0. The Morgan fingerprint density at radius 1 is 1.03 bits per heavy atom. The van der Waals surface area contributed by atoms with Gasteiger partial charge in [0, 0.05) is 29.6 Å². The van der Waals surface area contributed by atoms with Crippen LogP contribution in [0.4, 0.5) is 11.8 Å². The van der Waals surface area contributed by atoms with Crippen LogP contribution in [0.5, 0.6) is 5.75 Å². The van der Waals surface area contributed by atoms with Crippen LogP contribution in [0.15, 0.2) is 90.5 Å². The van der Waals surface area contributed by atoms with Crippen LogP contribution in [0.2, 0.25) is 0 Å². The zero-order chi connectivity index (χ0) is 20.8. The first kappa shape index (κ1) is 18.9. The number of rotatable bonds is 5. The van der Waals surface area contributed by atoms with E-state index in [4.69, 9.17) is 15.7 Å². The molecular weight excluding hydrogens is 376 g/mol. The van der Waals surface area contributed by atoms with Gasteiger partial charge in [0.05, 0.1) is 5.69 Å². The first-order valence-corrected chi connectivity index (χ1v) is 9.29. The number of anilines is 2. The highest BCUT2D eigenvalue weighted by Crippen LogP contribution is 2.23. The molecule has 7 heteroatoms. The van der Waals surface area contributed by atoms with Crippen LogP contribution in [0.25, 0.3) is 11.3 Å². The van der Waals surface area contributed by atoms with E-state index < -0.39 is 0 Å². The Balaban J connectivity index is 1.48. The minimum absolute atomic E-state index is 0.199. The van der Waals surface area contributed by atoms with Gasteiger partial charge in [0.15, 0.2) is 0 Å². The van der Waals surface area contributed by atoms with Crippen molar-refractivity contribution in [1.29, 1.82) is 5.26 Å². The summed E-state index contributed by atoms with van der Waals surface area (Å²) in [4.78, 5) is 12.5. The van der Waals surface area contributed by atoms with Crippen molar-refractivity contribution < 1.29 is 4.74 Å². The lowest BCUT2D eigenvalue weighted by atomic mass is 10.1. The molecule has 7 nitrogen and oxygen atoms in total. The van der Waals surface area contributed by atoms with Gasteiger partial charge in [0.25, 0.3) is 0 Å². The molecule has 0 saturated carbocycles. The van der Waals surface area contributed by atoms with Gasteiger partial charge in [-0.2, -0.15) is 10.2 Å². The van der Waals surface area contributed by atoms with Gasteiger partial charge in [-0.05, 0) is 30.7 Å². The molecule has 4 rings (SSSR count). The van der Waals surface area contributed by atoms with Gasteiger partial charge >= 0.3 is 0 Å². The lowest BCUT2D eigenvalue weighted by Gasteiger charge is -2.09. The fourth-order valence-electron chi connectivity index (χ4n) is 2.88. The molecule has 3 N–H and O–H groups in total. The molecular formula is C23H18N6O. The van der Waals surface area contributed by atoms with Crippen molar-refractivity contribution in [1.82, 2.24) is 15.0 Å². The number of benzene rings is 1. The fraction of sp³-hybridized carbons (Fsp3) is 0.0435. The molecule has 0 unspecified atom stereocenters. The van der Waals surface area contributed by atoms with E-state index in [1.54, 1.807) is 18.3 Å². The summed E-state index contributed by atoms with van der Waals surface area (Å²) in [6.07, 6.45) is 9.91. The topological polar surface area (TPSA) is 110 Å². The van der Waals surface area contributed by atoms with E-state index in [0.29, 0.717) is 29.4 Å². The molecule has 0 bridgehead atoms. The SMILES string of the molecule is N#Cc1cc(OC2=CCC=C(Nc3cc(-c4ccccc4)nc(N)n3)C=C2)ccn1. The minimum atomic E-state index is 0.199. The van der Waals surface area contributed by atoms with Gasteiger partial charge in [-0.1, -0.05) is 36.4 Å². The molecule has 2 aromatic heterocycles. The summed E-state index contributed by atoms with van der Waals surface area (Å²) in [5.74, 6) is 2.04. The van der Waals surface area contributed by atoms with Crippen LogP contribution in [-0.4, -0.2) is 15.0 Å². The van der Waals surface area contributed by atoms with Crippen molar-refractivity contribution in [3.63, 3.8) is 0 Å². The molecule has 0 saturated heterocycles. The maximum atomic E-state index is 8.97. The first-order chi connectivity index (χ1) is 14.7. The van der Waals surface area contributed by atoms with E-state index in [1.807, 2.05) is 66.8 Å². The number of hydrogen-bond donors (Lipinski definition) is 2. The Kier molecular flexibility index (Phi) is 5.49. The second kappa shape index (κ2) is 8.71. The van der Waals surface area contributed by atoms with E-state index in [-0.39, 0.29) is 5.95 Å². The summed E-state index contributed by atoms with van der Waals surface area (Å²) in [5, 5.41) is 12.2. The van der Waals surface area contributed by atoms with Crippen molar-refractivity contribution in [3.8, 4) is 23.1 Å². The molecule has 3 aromatic rings. The Morgan fingerprint density at radius 3 is 2.73 bits per heavy atom. The Morgan fingerprint density at radius 2 is 1.90 bits per heavy atom. The Labute approximate surface area is 173 Å². The number of nitrogen functional groups attached to an aromatic ring is 1. The highest BCUT2D eigenvalue weighted by atomic mass is 16.5. The van der Waals surface area contributed by atoms with E-state index in [2.05, 4.69) is 20.3 Å². The number of nitrogens with two attached hydrogens (primary N) is 1. The number of hydrogen-bond acceptors (Lipinski definition) is 7. The normalized spacial score (nSPS) is 12.9. The second-order valence-corrected chi connectivity index (χ2v) is 6.41. The van der Waals surface area contributed by atoms with Gasteiger partial charge in [-0.15, -0.1) is 0 Å². The van der Waals surface area contributed by atoms with Crippen molar-refractivity contribution in [2.24, 2.45) is 0 Å². The molecule has 0 radical (unpaired) electrons. The van der Waals surface area contributed by atoms with Crippen molar-refractivity contribution >= 4 is 11.8 Å². The van der Waals surface area contributed by atoms with Crippen LogP contribution in [-0.2, 0) is 0 Å². The van der Waals surface area contributed by atoms with Crippen LogP contribution >= 0.6 is 0 Å². The summed E-state index contributed by atoms with van der Waals surface area (Å²) in [7, 11) is 0. The molecule has 0 aliphatic heterocycles. The average molecular weight is 394 g/mol. The third kappa shape index (κ3) is 4.69. The zero-order valence-electron chi connectivity index (χ0n) is 16.0. The maximum Gasteiger partial charge on any atom is 0.222 e. The smallest absolute Gasteiger partial charge is 0.222 e. The molecule has 1 aliphatic rings. The highest BCUT2D eigenvalue weighted by Gasteiger charge is 2.07. The number of nitrogens with one attached hydrogen (secondary N) is 1. The van der Waals surface area contributed by atoms with Gasteiger partial charge in [-0.3, -0.25) is 0 Å². The molecule has 1 aliphatic carbocycles. The number of nitrogens with zero attached hydrogens (tertiary/aromatic N) is 4. The molecule has 2 heterocycles. The quantitative estimate of drug-likeness (QED) is 0.667. The second-order valence-electron chi connectivity index (χ2n) is 6.41. The summed E-state index contributed by atoms with van der Waals surface area (Å²) in [6.45, 7) is 0. The first-order valence-electron chi connectivity index (χ1n) is 9.29. The minimum Gasteiger partial charge on any atom is -0.458 e. The maximum absolute atomic E-state index is 8.97. The number of nitriles is 1. The third-order valence-corrected chi connectivity index (χ3v) is 4.25. The van der Waals surface area contributed by atoms with Crippen molar-refractivity contribution in [2.45, 2.75) is 6.42 Å². The van der Waals surface area contributed by atoms with Crippen LogP contribution < -0.4 is 15.8 Å². The van der Waals surface area contributed by atoms with Gasteiger partial charge in [0.1, 0.15) is 29.1 Å². The van der Waals surface area contributed by atoms with E-state index in [1.165, 1.54) is 0 Å². The van der Waals surface area contributed by atoms with E-state index in [0.717, 1.165) is 17.0 Å². The largest absolute Gasteiger partial charge is 0.458 e. The molecule has 1 aromatic carbocycles. The predicted octanol–water partition coefficient (Wildman–Crippen LogP) is 4.21. The number of pyridine rings is 1. The number of aromatic nitrogens is 3. The zero-order valence-corrected chi connectivity index (χ0v) is 16.0. The van der Waals surface area contributed by atoms with Gasteiger partial charge < -0.3 is 15.8 Å². The van der Waals surface area contributed by atoms with Crippen molar-refractivity contribution in [2.75, 3.05) is 11.1 Å². The van der Waals surface area contributed by atoms with Crippen LogP contribution in [0.1, 0.15) is 12.1 Å². The van der Waals surface area contributed by atoms with Crippen LogP contribution in [0.3, 0.4) is 0 Å². The molecule has 30 heavy (non-hydrogen) atoms. The molecule has 146 valence electrons. The lowest BCUT2D eigenvalue weighted by molar-refractivity contribution is 0.442. The number of ether oxygens (including phenoxy) is 1. The Hall–Kier alpha value is -4.44. The number of allylic oxidation sites excluding steroid dienone is 4. The van der Waals surface area contributed by atoms with E-state index in [9.17, 15) is 0 Å².